The van der Waals surface area contributed by atoms with Crippen LogP contribution in [0.25, 0.3) is 0 Å². The average Bonchev–Trinajstić information content (AvgIpc) is 3.33. The number of tetrazole rings is 1. The molecule has 0 aliphatic heterocycles. The van der Waals surface area contributed by atoms with Crippen LogP contribution in [0.1, 0.15) is 57.8 Å². The third-order valence-electron chi connectivity index (χ3n) is 4.49. The molecular weight excluding hydrogens is 238 g/mol. The molecule has 2 fully saturated rings. The molecule has 1 aromatic heterocycles. The summed E-state index contributed by atoms with van der Waals surface area (Å²) >= 11 is 0. The van der Waals surface area contributed by atoms with Gasteiger partial charge in [0.2, 0.25) is 0 Å². The summed E-state index contributed by atoms with van der Waals surface area (Å²) in [7, 11) is 0. The maximum absolute atomic E-state index is 4.22. The Labute approximate surface area is 115 Å². The van der Waals surface area contributed by atoms with Crippen LogP contribution in [-0.2, 0) is 6.54 Å². The molecule has 2 aliphatic rings. The first kappa shape index (κ1) is 13.0. The molecule has 0 saturated heterocycles. The lowest BCUT2D eigenvalue weighted by Crippen LogP contribution is -2.25. The second-order valence-electron chi connectivity index (χ2n) is 6.23. The van der Waals surface area contributed by atoms with E-state index in [0.29, 0.717) is 0 Å². The van der Waals surface area contributed by atoms with Crippen LogP contribution in [0.5, 0.6) is 0 Å². The molecule has 106 valence electrons. The van der Waals surface area contributed by atoms with E-state index in [2.05, 4.69) is 39.4 Å². The van der Waals surface area contributed by atoms with Crippen molar-refractivity contribution in [1.29, 1.82) is 0 Å². The van der Waals surface area contributed by atoms with E-state index in [-0.39, 0.29) is 6.04 Å². The summed E-state index contributed by atoms with van der Waals surface area (Å²) in [6.45, 7) is 6.37. The molecule has 1 heterocycles. The predicted octanol–water partition coefficient (Wildman–Crippen LogP) is 2.17. The Kier molecular flexibility index (Phi) is 3.82. The molecule has 0 radical (unpaired) electrons. The van der Waals surface area contributed by atoms with E-state index in [9.17, 15) is 0 Å². The van der Waals surface area contributed by atoms with E-state index in [1.54, 1.807) is 0 Å². The van der Waals surface area contributed by atoms with Crippen molar-refractivity contribution in [2.45, 2.75) is 58.5 Å². The van der Waals surface area contributed by atoms with Crippen molar-refractivity contribution in [2.75, 3.05) is 6.54 Å². The molecular formula is C14H25N5. The minimum atomic E-state index is 0.244. The van der Waals surface area contributed by atoms with Gasteiger partial charge in [0.1, 0.15) is 0 Å². The Hall–Kier alpha value is -0.970. The third kappa shape index (κ3) is 3.14. The SMILES string of the molecule is CCCNC(C)c1nnnn1CC(C1CC1)C1CC1. The van der Waals surface area contributed by atoms with Crippen molar-refractivity contribution >= 4 is 0 Å². The van der Waals surface area contributed by atoms with Gasteiger partial charge < -0.3 is 5.32 Å². The summed E-state index contributed by atoms with van der Waals surface area (Å²) in [6.07, 6.45) is 6.81. The standard InChI is InChI=1S/C14H25N5/c1-3-8-15-10(2)14-16-17-18-19(14)9-13(11-4-5-11)12-6-7-12/h10-13,15H,3-9H2,1-2H3. The second-order valence-corrected chi connectivity index (χ2v) is 6.23. The molecule has 1 aromatic rings. The van der Waals surface area contributed by atoms with Gasteiger partial charge in [0.25, 0.3) is 0 Å². The highest BCUT2D eigenvalue weighted by atomic mass is 15.5. The number of nitrogens with zero attached hydrogens (tertiary/aromatic N) is 4. The topological polar surface area (TPSA) is 55.6 Å². The molecule has 0 amide bonds. The maximum atomic E-state index is 4.22. The zero-order valence-corrected chi connectivity index (χ0v) is 12.0. The van der Waals surface area contributed by atoms with Crippen molar-refractivity contribution in [3.8, 4) is 0 Å². The van der Waals surface area contributed by atoms with Crippen molar-refractivity contribution < 1.29 is 0 Å². The fourth-order valence-electron chi connectivity index (χ4n) is 3.04. The van der Waals surface area contributed by atoms with Crippen LogP contribution in [0.3, 0.4) is 0 Å². The minimum absolute atomic E-state index is 0.244. The molecule has 0 spiro atoms. The van der Waals surface area contributed by atoms with Crippen LogP contribution in [0.15, 0.2) is 0 Å². The van der Waals surface area contributed by atoms with E-state index >= 15 is 0 Å². The van der Waals surface area contributed by atoms with Crippen LogP contribution in [0, 0.1) is 17.8 Å². The van der Waals surface area contributed by atoms with Gasteiger partial charge in [-0.25, -0.2) is 4.68 Å². The molecule has 19 heavy (non-hydrogen) atoms. The van der Waals surface area contributed by atoms with Crippen LogP contribution < -0.4 is 5.32 Å². The largest absolute Gasteiger partial charge is 0.307 e. The summed E-state index contributed by atoms with van der Waals surface area (Å²) in [5, 5.41) is 15.8. The average molecular weight is 263 g/mol. The van der Waals surface area contributed by atoms with E-state index < -0.39 is 0 Å². The summed E-state index contributed by atoms with van der Waals surface area (Å²) in [5.41, 5.74) is 0. The Bertz CT molecular complexity index is 396. The Morgan fingerprint density at radius 2 is 1.95 bits per heavy atom. The van der Waals surface area contributed by atoms with E-state index in [1.807, 2.05) is 0 Å². The molecule has 1 unspecified atom stereocenters. The molecule has 0 aromatic carbocycles. The predicted molar refractivity (Wildman–Crippen MR) is 73.5 cm³/mol. The molecule has 5 nitrogen and oxygen atoms in total. The molecule has 5 heteroatoms. The number of hydrogen-bond donors (Lipinski definition) is 1. The van der Waals surface area contributed by atoms with Crippen LogP contribution >= 0.6 is 0 Å². The number of rotatable bonds is 8. The molecule has 1 atom stereocenters. The first-order valence-electron chi connectivity index (χ1n) is 7.79. The van der Waals surface area contributed by atoms with Crippen LogP contribution in [0.4, 0.5) is 0 Å². The smallest absolute Gasteiger partial charge is 0.167 e. The lowest BCUT2D eigenvalue weighted by Gasteiger charge is -2.18. The molecule has 1 N–H and O–H groups in total. The molecule has 3 rings (SSSR count). The van der Waals surface area contributed by atoms with Crippen molar-refractivity contribution in [3.63, 3.8) is 0 Å². The summed E-state index contributed by atoms with van der Waals surface area (Å²) < 4.78 is 2.05. The van der Waals surface area contributed by atoms with Gasteiger partial charge >= 0.3 is 0 Å². The summed E-state index contributed by atoms with van der Waals surface area (Å²) in [6, 6.07) is 0.244. The van der Waals surface area contributed by atoms with Gasteiger partial charge in [0.05, 0.1) is 6.04 Å². The van der Waals surface area contributed by atoms with E-state index in [1.165, 1.54) is 25.7 Å². The van der Waals surface area contributed by atoms with Crippen molar-refractivity contribution in [1.82, 2.24) is 25.5 Å². The lowest BCUT2D eigenvalue weighted by atomic mass is 9.98. The Balaban J connectivity index is 1.65. The highest BCUT2D eigenvalue weighted by molar-refractivity contribution is 4.95. The monoisotopic (exact) mass is 263 g/mol. The lowest BCUT2D eigenvalue weighted by molar-refractivity contribution is 0.318. The van der Waals surface area contributed by atoms with E-state index in [4.69, 9.17) is 0 Å². The Morgan fingerprint density at radius 3 is 2.53 bits per heavy atom. The molecule has 2 aliphatic carbocycles. The number of nitrogens with one attached hydrogen (secondary N) is 1. The molecule has 0 bridgehead atoms. The highest BCUT2D eigenvalue weighted by Gasteiger charge is 2.42. The van der Waals surface area contributed by atoms with Crippen LogP contribution in [-0.4, -0.2) is 26.8 Å². The zero-order chi connectivity index (χ0) is 13.2. The van der Waals surface area contributed by atoms with Gasteiger partial charge in [0, 0.05) is 6.54 Å². The van der Waals surface area contributed by atoms with Gasteiger partial charge in [-0.1, -0.05) is 6.92 Å². The van der Waals surface area contributed by atoms with Crippen molar-refractivity contribution in [3.05, 3.63) is 5.82 Å². The van der Waals surface area contributed by atoms with Gasteiger partial charge in [-0.05, 0) is 73.8 Å². The maximum Gasteiger partial charge on any atom is 0.167 e. The van der Waals surface area contributed by atoms with E-state index in [0.717, 1.165) is 43.1 Å². The number of hydrogen-bond acceptors (Lipinski definition) is 4. The second kappa shape index (κ2) is 5.57. The Morgan fingerprint density at radius 1 is 1.26 bits per heavy atom. The quantitative estimate of drug-likeness (QED) is 0.781. The highest BCUT2D eigenvalue weighted by Crippen LogP contribution is 2.49. The summed E-state index contributed by atoms with van der Waals surface area (Å²) in [5.74, 6) is 3.72. The van der Waals surface area contributed by atoms with Gasteiger partial charge in [0.15, 0.2) is 5.82 Å². The van der Waals surface area contributed by atoms with Gasteiger partial charge in [-0.15, -0.1) is 5.10 Å². The van der Waals surface area contributed by atoms with Gasteiger partial charge in [-0.2, -0.15) is 0 Å². The fraction of sp³-hybridized carbons (Fsp3) is 0.929. The minimum Gasteiger partial charge on any atom is -0.307 e. The van der Waals surface area contributed by atoms with Crippen LogP contribution in [0.2, 0.25) is 0 Å². The first-order chi connectivity index (χ1) is 9.29. The normalized spacial score (nSPS) is 21.0. The fourth-order valence-corrected chi connectivity index (χ4v) is 3.04. The zero-order valence-electron chi connectivity index (χ0n) is 12.0. The first-order valence-corrected chi connectivity index (χ1v) is 7.79. The molecule has 2 saturated carbocycles. The van der Waals surface area contributed by atoms with Gasteiger partial charge in [-0.3, -0.25) is 0 Å². The third-order valence-corrected chi connectivity index (χ3v) is 4.49. The number of aromatic nitrogens is 4. The van der Waals surface area contributed by atoms with Crippen molar-refractivity contribution in [2.24, 2.45) is 17.8 Å². The summed E-state index contributed by atoms with van der Waals surface area (Å²) in [4.78, 5) is 0.